The largest absolute Gasteiger partial charge is 0.345 e. The van der Waals surface area contributed by atoms with Gasteiger partial charge in [-0.1, -0.05) is 27.2 Å². The Labute approximate surface area is 251 Å². The lowest BCUT2D eigenvalue weighted by molar-refractivity contribution is -0.161. The highest BCUT2D eigenvalue weighted by atomic mass is 35.5. The molecule has 1 atom stereocenters. The van der Waals surface area contributed by atoms with Crippen molar-refractivity contribution < 1.29 is 14.4 Å². The highest BCUT2D eigenvalue weighted by Crippen LogP contribution is 2.35. The second-order valence-corrected chi connectivity index (χ2v) is 12.1. The van der Waals surface area contributed by atoms with Crippen LogP contribution in [0.15, 0.2) is 24.3 Å². The molecular weight excluding hydrogens is 540 g/mol. The van der Waals surface area contributed by atoms with Crippen molar-refractivity contribution in [2.45, 2.75) is 84.8 Å². The average molecular weight is 587 g/mol. The summed E-state index contributed by atoms with van der Waals surface area (Å²) in [6.07, 6.45) is 3.83. The lowest BCUT2D eigenvalue weighted by Gasteiger charge is -2.52. The van der Waals surface area contributed by atoms with E-state index >= 15 is 0 Å². The first-order chi connectivity index (χ1) is 19.0. The van der Waals surface area contributed by atoms with Crippen molar-refractivity contribution in [3.8, 4) is 5.69 Å². The first-order valence-corrected chi connectivity index (χ1v) is 14.7. The van der Waals surface area contributed by atoms with Crippen molar-refractivity contribution >= 4 is 30.1 Å². The van der Waals surface area contributed by atoms with Gasteiger partial charge in [0, 0.05) is 57.1 Å². The molecule has 9 nitrogen and oxygen atoms in total. The predicted octanol–water partition coefficient (Wildman–Crippen LogP) is 4.12. The number of aromatic nitrogens is 2. The molecule has 3 amide bonds. The monoisotopic (exact) mass is 586 g/mol. The molecule has 0 unspecified atom stereocenters. The Bertz CT molecular complexity index is 1230. The van der Waals surface area contributed by atoms with E-state index in [9.17, 15) is 14.4 Å². The van der Waals surface area contributed by atoms with E-state index in [1.54, 1.807) is 19.0 Å². The molecular formula is C31H47ClN6O3. The van der Waals surface area contributed by atoms with Crippen LogP contribution in [0, 0.1) is 19.8 Å². The van der Waals surface area contributed by atoms with Crippen LogP contribution in [0.1, 0.15) is 80.2 Å². The van der Waals surface area contributed by atoms with Crippen LogP contribution in [-0.2, 0) is 16.1 Å². The van der Waals surface area contributed by atoms with E-state index < -0.39 is 11.6 Å². The van der Waals surface area contributed by atoms with Crippen molar-refractivity contribution in [2.24, 2.45) is 5.92 Å². The number of amides is 3. The Balaban J connectivity index is 0.00000462. The van der Waals surface area contributed by atoms with Gasteiger partial charge in [0.25, 0.3) is 5.91 Å². The topological polar surface area (TPSA) is 90.8 Å². The third-order valence-corrected chi connectivity index (χ3v) is 8.52. The molecule has 2 aliphatic heterocycles. The lowest BCUT2D eigenvalue weighted by Crippen LogP contribution is -2.73. The third kappa shape index (κ3) is 6.61. The van der Waals surface area contributed by atoms with E-state index in [0.29, 0.717) is 37.3 Å². The number of hydrogen-bond donors (Lipinski definition) is 1. The van der Waals surface area contributed by atoms with Gasteiger partial charge in [-0.2, -0.15) is 5.10 Å². The molecule has 2 saturated heterocycles. The molecule has 1 aromatic carbocycles. The van der Waals surface area contributed by atoms with Crippen LogP contribution >= 0.6 is 12.4 Å². The van der Waals surface area contributed by atoms with Gasteiger partial charge in [0.1, 0.15) is 11.6 Å². The molecule has 226 valence electrons. The fourth-order valence-electron chi connectivity index (χ4n) is 6.11. The van der Waals surface area contributed by atoms with Gasteiger partial charge in [-0.3, -0.25) is 19.3 Å². The lowest BCUT2D eigenvalue weighted by atomic mass is 9.80. The molecule has 0 aliphatic carbocycles. The molecule has 0 saturated carbocycles. The Morgan fingerprint density at radius 2 is 1.76 bits per heavy atom. The second-order valence-electron chi connectivity index (χ2n) is 12.1. The maximum Gasteiger partial charge on any atom is 0.253 e. The van der Waals surface area contributed by atoms with E-state index in [2.05, 4.69) is 37.9 Å². The number of carbonyl (C=O) groups is 3. The minimum absolute atomic E-state index is 0. The maximum absolute atomic E-state index is 13.6. The van der Waals surface area contributed by atoms with Crippen LogP contribution < -0.4 is 5.32 Å². The highest BCUT2D eigenvalue weighted by Gasteiger charge is 2.53. The zero-order valence-electron chi connectivity index (χ0n) is 25.7. The van der Waals surface area contributed by atoms with E-state index in [4.69, 9.17) is 5.10 Å². The van der Waals surface area contributed by atoms with Crippen molar-refractivity contribution in [2.75, 3.05) is 33.7 Å². The second kappa shape index (κ2) is 13.4. The van der Waals surface area contributed by atoms with Gasteiger partial charge >= 0.3 is 0 Å². The number of aryl methyl sites for hydroxylation is 1. The summed E-state index contributed by atoms with van der Waals surface area (Å²) in [5.74, 6) is 0.413. The summed E-state index contributed by atoms with van der Waals surface area (Å²) >= 11 is 0. The van der Waals surface area contributed by atoms with Gasteiger partial charge in [0.15, 0.2) is 0 Å². The van der Waals surface area contributed by atoms with E-state index in [-0.39, 0.29) is 30.1 Å². The minimum Gasteiger partial charge on any atom is -0.345 e. The van der Waals surface area contributed by atoms with Crippen LogP contribution in [0.4, 0.5) is 0 Å². The van der Waals surface area contributed by atoms with Crippen molar-refractivity contribution in [1.82, 2.24) is 29.8 Å². The number of nitrogens with zero attached hydrogens (tertiary/aromatic N) is 5. The zero-order chi connectivity index (χ0) is 29.2. The molecule has 3 heterocycles. The van der Waals surface area contributed by atoms with E-state index in [1.807, 2.05) is 40.8 Å². The number of rotatable bonds is 9. The summed E-state index contributed by atoms with van der Waals surface area (Å²) in [5, 5.41) is 7.92. The SMILES string of the molecule is CCCCN1C(=O)[C@H](CC(C)C)NC(=O)C12CCN(Cc1c(C)nn(-c3ccc(C(=O)N(C)C)cc3)c1C)CC2.Cl. The summed E-state index contributed by atoms with van der Waals surface area (Å²) in [6, 6.07) is 7.12. The van der Waals surface area contributed by atoms with Crippen molar-refractivity contribution in [3.05, 3.63) is 46.8 Å². The summed E-state index contributed by atoms with van der Waals surface area (Å²) in [5.41, 5.74) is 4.02. The molecule has 4 rings (SSSR count). The average Bonchev–Trinajstić information content (AvgIpc) is 3.20. The fourth-order valence-corrected chi connectivity index (χ4v) is 6.11. The third-order valence-electron chi connectivity index (χ3n) is 8.52. The molecule has 41 heavy (non-hydrogen) atoms. The number of unbranched alkanes of at least 4 members (excludes halogenated alkanes) is 1. The predicted molar refractivity (Wildman–Crippen MR) is 164 cm³/mol. The van der Waals surface area contributed by atoms with E-state index in [0.717, 1.165) is 49.6 Å². The molecule has 0 radical (unpaired) electrons. The first kappa shape index (κ1) is 32.6. The molecule has 10 heteroatoms. The molecule has 0 bridgehead atoms. The van der Waals surface area contributed by atoms with Gasteiger partial charge in [0.2, 0.25) is 11.8 Å². The zero-order valence-corrected chi connectivity index (χ0v) is 26.5. The summed E-state index contributed by atoms with van der Waals surface area (Å²) < 4.78 is 1.94. The standard InChI is InChI=1S/C31H46N6O3.ClH/c1-8-9-16-36-29(39)27(19-21(2)3)32-30(40)31(36)14-17-35(18-15-31)20-26-22(4)33-37(23(26)5)25-12-10-24(11-13-25)28(38)34(6)7;/h10-13,21,27H,8-9,14-20H2,1-7H3,(H,32,40);1H/t27-;/m0./s1. The van der Waals surface area contributed by atoms with Gasteiger partial charge in [0.05, 0.1) is 11.4 Å². The molecule has 2 aromatic rings. The first-order valence-electron chi connectivity index (χ1n) is 14.7. The summed E-state index contributed by atoms with van der Waals surface area (Å²) in [7, 11) is 3.49. The molecule has 1 spiro atoms. The Kier molecular flexibility index (Phi) is 10.6. The number of benzene rings is 1. The Morgan fingerprint density at radius 3 is 2.32 bits per heavy atom. The quantitative estimate of drug-likeness (QED) is 0.477. The number of hydrogen-bond acceptors (Lipinski definition) is 5. The van der Waals surface area contributed by atoms with Gasteiger partial charge in [-0.05, 0) is 69.7 Å². The fraction of sp³-hybridized carbons (Fsp3) is 0.613. The highest BCUT2D eigenvalue weighted by molar-refractivity contribution is 6.00. The minimum atomic E-state index is -0.754. The van der Waals surface area contributed by atoms with Gasteiger partial charge < -0.3 is 15.1 Å². The molecule has 1 N–H and O–H groups in total. The maximum atomic E-state index is 13.6. The number of halogens is 1. The molecule has 1 aromatic heterocycles. The van der Waals surface area contributed by atoms with Gasteiger partial charge in [-0.25, -0.2) is 4.68 Å². The number of piperazine rings is 1. The number of piperidine rings is 1. The number of carbonyl (C=O) groups excluding carboxylic acids is 3. The van der Waals surface area contributed by atoms with Crippen molar-refractivity contribution in [1.29, 1.82) is 0 Å². The Morgan fingerprint density at radius 1 is 1.12 bits per heavy atom. The van der Waals surface area contributed by atoms with E-state index in [1.165, 1.54) is 5.56 Å². The van der Waals surface area contributed by atoms with Crippen LogP contribution in [0.5, 0.6) is 0 Å². The normalized spacial score (nSPS) is 18.9. The van der Waals surface area contributed by atoms with Gasteiger partial charge in [-0.15, -0.1) is 12.4 Å². The Hall–Kier alpha value is -2.91. The van der Waals surface area contributed by atoms with Crippen molar-refractivity contribution in [3.63, 3.8) is 0 Å². The van der Waals surface area contributed by atoms with Crippen LogP contribution in [-0.4, -0.2) is 87.5 Å². The number of nitrogens with one attached hydrogen (secondary N) is 1. The van der Waals surface area contributed by atoms with Crippen LogP contribution in [0.25, 0.3) is 5.69 Å². The summed E-state index contributed by atoms with van der Waals surface area (Å²) in [6.45, 7) is 13.3. The summed E-state index contributed by atoms with van der Waals surface area (Å²) in [4.78, 5) is 45.2. The molecule has 2 aliphatic rings. The van der Waals surface area contributed by atoms with Crippen LogP contribution in [0.2, 0.25) is 0 Å². The number of likely N-dealkylation sites (tertiary alicyclic amines) is 1. The molecule has 2 fully saturated rings. The smallest absolute Gasteiger partial charge is 0.253 e. The van der Waals surface area contributed by atoms with Crippen LogP contribution in [0.3, 0.4) is 0 Å².